The summed E-state index contributed by atoms with van der Waals surface area (Å²) in [7, 11) is 3.93. The molecule has 0 saturated heterocycles. The van der Waals surface area contributed by atoms with Crippen LogP contribution in [0.5, 0.6) is 0 Å². The second-order valence-electron chi connectivity index (χ2n) is 5.86. The van der Waals surface area contributed by atoms with Gasteiger partial charge in [0.25, 0.3) is 11.8 Å². The predicted molar refractivity (Wildman–Crippen MR) is 105 cm³/mol. The van der Waals surface area contributed by atoms with Crippen LogP contribution in [-0.4, -0.2) is 38.2 Å². The third kappa shape index (κ3) is 5.60. The van der Waals surface area contributed by atoms with Crippen LogP contribution in [0, 0.1) is 0 Å². The monoisotopic (exact) mass is 372 g/mol. The molecule has 0 bridgehead atoms. The molecule has 136 valence electrons. The van der Waals surface area contributed by atoms with Crippen molar-refractivity contribution in [3.63, 3.8) is 0 Å². The van der Waals surface area contributed by atoms with Crippen LogP contribution in [0.3, 0.4) is 0 Å². The van der Waals surface area contributed by atoms with Crippen molar-refractivity contribution in [2.45, 2.75) is 6.92 Å². The minimum Gasteiger partial charge on any atom is -0.378 e. The molecule has 6 nitrogen and oxygen atoms in total. The van der Waals surface area contributed by atoms with Crippen molar-refractivity contribution in [1.82, 2.24) is 10.7 Å². The van der Waals surface area contributed by atoms with Gasteiger partial charge in [-0.25, -0.2) is 5.43 Å². The SMILES string of the molecule is CC(=NNC(=O)CNC(=O)c1ccc(Cl)cc1)c1ccc(N(C)C)cc1. The minimum atomic E-state index is -0.406. The number of amides is 2. The molecule has 2 rings (SSSR count). The Balaban J connectivity index is 1.85. The van der Waals surface area contributed by atoms with Gasteiger partial charge in [0.2, 0.25) is 0 Å². The number of nitrogens with one attached hydrogen (secondary N) is 2. The number of hydrazone groups is 1. The first-order valence-electron chi connectivity index (χ1n) is 8.01. The van der Waals surface area contributed by atoms with Crippen molar-refractivity contribution < 1.29 is 9.59 Å². The van der Waals surface area contributed by atoms with Gasteiger partial charge in [-0.3, -0.25) is 9.59 Å². The maximum atomic E-state index is 11.9. The van der Waals surface area contributed by atoms with E-state index in [1.54, 1.807) is 31.2 Å². The Morgan fingerprint density at radius 1 is 1.00 bits per heavy atom. The van der Waals surface area contributed by atoms with E-state index in [2.05, 4.69) is 15.8 Å². The minimum absolute atomic E-state index is 0.169. The molecule has 0 spiro atoms. The molecular weight excluding hydrogens is 352 g/mol. The average molecular weight is 373 g/mol. The van der Waals surface area contributed by atoms with E-state index in [0.717, 1.165) is 11.3 Å². The lowest BCUT2D eigenvalue weighted by Crippen LogP contribution is -2.35. The summed E-state index contributed by atoms with van der Waals surface area (Å²) in [4.78, 5) is 25.8. The van der Waals surface area contributed by atoms with Crippen LogP contribution in [0.25, 0.3) is 0 Å². The van der Waals surface area contributed by atoms with E-state index < -0.39 is 5.91 Å². The second-order valence-corrected chi connectivity index (χ2v) is 6.30. The Morgan fingerprint density at radius 2 is 1.58 bits per heavy atom. The Morgan fingerprint density at radius 3 is 2.15 bits per heavy atom. The number of nitrogens with zero attached hydrogens (tertiary/aromatic N) is 2. The summed E-state index contributed by atoms with van der Waals surface area (Å²) >= 11 is 5.78. The molecule has 2 aromatic carbocycles. The summed E-state index contributed by atoms with van der Waals surface area (Å²) in [6.45, 7) is 1.63. The molecule has 0 aliphatic heterocycles. The number of carbonyl (C=O) groups excluding carboxylic acids is 2. The van der Waals surface area contributed by atoms with Crippen molar-refractivity contribution in [3.8, 4) is 0 Å². The number of anilines is 1. The van der Waals surface area contributed by atoms with Gasteiger partial charge in [-0.05, 0) is 48.9 Å². The van der Waals surface area contributed by atoms with Crippen molar-refractivity contribution in [1.29, 1.82) is 0 Å². The molecule has 0 radical (unpaired) electrons. The van der Waals surface area contributed by atoms with E-state index in [1.165, 1.54) is 0 Å². The average Bonchev–Trinajstić information content (AvgIpc) is 2.64. The van der Waals surface area contributed by atoms with Gasteiger partial charge in [-0.2, -0.15) is 5.10 Å². The van der Waals surface area contributed by atoms with Gasteiger partial charge < -0.3 is 10.2 Å². The molecular formula is C19H21ClN4O2. The molecule has 0 aliphatic carbocycles. The summed E-state index contributed by atoms with van der Waals surface area (Å²) in [5, 5.41) is 7.14. The van der Waals surface area contributed by atoms with E-state index in [1.807, 2.05) is 43.3 Å². The van der Waals surface area contributed by atoms with Gasteiger partial charge in [0.15, 0.2) is 0 Å². The van der Waals surface area contributed by atoms with Crippen LogP contribution in [0.15, 0.2) is 53.6 Å². The van der Waals surface area contributed by atoms with Gasteiger partial charge in [0.1, 0.15) is 0 Å². The van der Waals surface area contributed by atoms with Crippen molar-refractivity contribution in [2.75, 3.05) is 25.5 Å². The van der Waals surface area contributed by atoms with Gasteiger partial charge in [-0.15, -0.1) is 0 Å². The first-order valence-corrected chi connectivity index (χ1v) is 8.39. The van der Waals surface area contributed by atoms with Crippen LogP contribution in [0.1, 0.15) is 22.8 Å². The fourth-order valence-electron chi connectivity index (χ4n) is 2.11. The third-order valence-corrected chi connectivity index (χ3v) is 3.92. The Labute approximate surface area is 157 Å². The zero-order chi connectivity index (χ0) is 19.1. The van der Waals surface area contributed by atoms with E-state index in [4.69, 9.17) is 11.6 Å². The fourth-order valence-corrected chi connectivity index (χ4v) is 2.24. The number of hydrogen-bond donors (Lipinski definition) is 2. The topological polar surface area (TPSA) is 73.8 Å². The highest BCUT2D eigenvalue weighted by molar-refractivity contribution is 6.30. The molecule has 0 unspecified atom stereocenters. The molecule has 26 heavy (non-hydrogen) atoms. The lowest BCUT2D eigenvalue weighted by molar-refractivity contribution is -0.120. The molecule has 2 amide bonds. The smallest absolute Gasteiger partial charge is 0.259 e. The summed E-state index contributed by atoms with van der Waals surface area (Å²) in [6.07, 6.45) is 0. The van der Waals surface area contributed by atoms with E-state index in [9.17, 15) is 9.59 Å². The van der Waals surface area contributed by atoms with E-state index in [-0.39, 0.29) is 12.5 Å². The third-order valence-electron chi connectivity index (χ3n) is 3.67. The molecule has 0 aromatic heterocycles. The second kappa shape index (κ2) is 9.01. The first kappa shape index (κ1) is 19.5. The zero-order valence-corrected chi connectivity index (χ0v) is 15.7. The molecule has 0 saturated carbocycles. The largest absolute Gasteiger partial charge is 0.378 e. The van der Waals surface area contributed by atoms with Crippen LogP contribution in [0.4, 0.5) is 5.69 Å². The zero-order valence-electron chi connectivity index (χ0n) is 14.9. The normalized spacial score (nSPS) is 11.0. The summed E-state index contributed by atoms with van der Waals surface area (Å²) in [5.74, 6) is -0.756. The number of hydrogen-bond acceptors (Lipinski definition) is 4. The maximum absolute atomic E-state index is 11.9. The van der Waals surface area contributed by atoms with Crippen LogP contribution >= 0.6 is 11.6 Å². The van der Waals surface area contributed by atoms with Gasteiger partial charge in [-0.1, -0.05) is 23.7 Å². The van der Waals surface area contributed by atoms with Crippen molar-refractivity contribution >= 4 is 34.8 Å². The Bertz CT molecular complexity index is 799. The maximum Gasteiger partial charge on any atom is 0.259 e. The quantitative estimate of drug-likeness (QED) is 0.604. The summed E-state index contributed by atoms with van der Waals surface area (Å²) in [6, 6.07) is 14.2. The molecule has 0 aliphatic rings. The van der Waals surface area contributed by atoms with Gasteiger partial charge >= 0.3 is 0 Å². The van der Waals surface area contributed by atoms with Crippen LogP contribution in [0.2, 0.25) is 5.02 Å². The number of carbonyl (C=O) groups is 2. The summed E-state index contributed by atoms with van der Waals surface area (Å²) < 4.78 is 0. The van der Waals surface area contributed by atoms with E-state index in [0.29, 0.717) is 16.3 Å². The molecule has 2 N–H and O–H groups in total. The highest BCUT2D eigenvalue weighted by Crippen LogP contribution is 2.12. The fraction of sp³-hybridized carbons (Fsp3) is 0.211. The Kier molecular flexibility index (Phi) is 6.74. The predicted octanol–water partition coefficient (Wildman–Crippen LogP) is 2.68. The van der Waals surface area contributed by atoms with Crippen LogP contribution in [-0.2, 0) is 4.79 Å². The number of halogens is 1. The number of benzene rings is 2. The standard InChI is InChI=1S/C19H21ClN4O2/c1-13(14-6-10-17(11-7-14)24(2)3)22-23-18(25)12-21-19(26)15-4-8-16(20)9-5-15/h4-11H,12H2,1-3H3,(H,21,26)(H,23,25). The first-order chi connectivity index (χ1) is 12.4. The molecule has 0 heterocycles. The lowest BCUT2D eigenvalue weighted by Gasteiger charge is -2.12. The molecule has 0 fully saturated rings. The Hall–Kier alpha value is -2.86. The lowest BCUT2D eigenvalue weighted by atomic mass is 10.1. The van der Waals surface area contributed by atoms with Gasteiger partial charge in [0.05, 0.1) is 12.3 Å². The molecule has 2 aromatic rings. The molecule has 7 heteroatoms. The van der Waals surface area contributed by atoms with E-state index >= 15 is 0 Å². The van der Waals surface area contributed by atoms with Crippen molar-refractivity contribution in [2.24, 2.45) is 5.10 Å². The summed E-state index contributed by atoms with van der Waals surface area (Å²) in [5.41, 5.74) is 5.53. The van der Waals surface area contributed by atoms with Crippen molar-refractivity contribution in [3.05, 3.63) is 64.7 Å². The molecule has 0 atom stereocenters. The van der Waals surface area contributed by atoms with Gasteiger partial charge in [0, 0.05) is 30.4 Å². The van der Waals surface area contributed by atoms with Crippen LogP contribution < -0.4 is 15.6 Å². The highest BCUT2D eigenvalue weighted by atomic mass is 35.5. The number of rotatable bonds is 6. The highest BCUT2D eigenvalue weighted by Gasteiger charge is 2.08.